The van der Waals surface area contributed by atoms with Gasteiger partial charge in [-0.05, 0) is 34.1 Å². The molecule has 0 fully saturated rings. The Hall–Kier alpha value is -1.01. The van der Waals surface area contributed by atoms with Crippen LogP contribution in [0.1, 0.15) is 25.6 Å². The Morgan fingerprint density at radius 3 is 2.76 bits per heavy atom. The molecule has 0 spiro atoms. The Balaban J connectivity index is 2.16. The normalized spacial score (nSPS) is 10.9. The van der Waals surface area contributed by atoms with Gasteiger partial charge in [-0.15, -0.1) is 0 Å². The third kappa shape index (κ3) is 3.01. The van der Waals surface area contributed by atoms with Crippen LogP contribution in [0.15, 0.2) is 22.7 Å². The number of hydrogen-bond donors (Lipinski definition) is 0. The van der Waals surface area contributed by atoms with Crippen molar-refractivity contribution in [2.75, 3.05) is 0 Å². The van der Waals surface area contributed by atoms with Crippen LogP contribution >= 0.6 is 27.5 Å². The van der Waals surface area contributed by atoms with E-state index in [9.17, 15) is 4.39 Å². The van der Waals surface area contributed by atoms with Gasteiger partial charge < -0.3 is 4.74 Å². The maximum absolute atomic E-state index is 13.0. The van der Waals surface area contributed by atoms with E-state index in [1.165, 1.54) is 17.6 Å². The molecule has 0 N–H and O–H groups in total. The van der Waals surface area contributed by atoms with Gasteiger partial charge in [0, 0.05) is 17.5 Å². The highest BCUT2D eigenvalue weighted by Crippen LogP contribution is 2.28. The molecule has 1 heterocycles. The molecule has 0 saturated heterocycles. The molecule has 0 radical (unpaired) electrons. The lowest BCUT2D eigenvalue weighted by atomic mass is 10.2. The zero-order chi connectivity index (χ0) is 12.4. The van der Waals surface area contributed by atoms with Gasteiger partial charge in [-0.3, -0.25) is 0 Å². The molecule has 2 rings (SSSR count). The first-order chi connectivity index (χ1) is 8.06. The molecular weight excluding hydrogens is 307 g/mol. The molecular formula is C11H10BrFN2OS. The molecule has 0 aliphatic rings. The molecule has 1 aromatic heterocycles. The summed E-state index contributed by atoms with van der Waals surface area (Å²) in [5, 5.41) is 0.465. The van der Waals surface area contributed by atoms with Crippen molar-refractivity contribution >= 4 is 27.5 Å². The van der Waals surface area contributed by atoms with E-state index in [1.54, 1.807) is 12.1 Å². The lowest BCUT2D eigenvalue weighted by Gasteiger charge is -2.02. The summed E-state index contributed by atoms with van der Waals surface area (Å²) in [6.45, 7) is 4.03. The summed E-state index contributed by atoms with van der Waals surface area (Å²) >= 11 is 4.29. The Bertz CT molecular complexity index is 530. The van der Waals surface area contributed by atoms with Crippen molar-refractivity contribution < 1.29 is 9.13 Å². The molecule has 0 saturated carbocycles. The second kappa shape index (κ2) is 5.10. The van der Waals surface area contributed by atoms with Crippen LogP contribution in [0.5, 0.6) is 10.9 Å². The van der Waals surface area contributed by atoms with Gasteiger partial charge in [0.05, 0.1) is 4.47 Å². The fourth-order valence-electron chi connectivity index (χ4n) is 1.14. The van der Waals surface area contributed by atoms with Crippen LogP contribution in [0.25, 0.3) is 0 Å². The quantitative estimate of drug-likeness (QED) is 0.844. The van der Waals surface area contributed by atoms with Crippen molar-refractivity contribution in [2.45, 2.75) is 19.8 Å². The molecule has 0 atom stereocenters. The molecule has 2 aromatic rings. The molecule has 0 bridgehead atoms. The fourth-order valence-corrected chi connectivity index (χ4v) is 2.19. The van der Waals surface area contributed by atoms with Crippen molar-refractivity contribution in [3.8, 4) is 10.9 Å². The van der Waals surface area contributed by atoms with Gasteiger partial charge in [-0.2, -0.15) is 9.36 Å². The van der Waals surface area contributed by atoms with E-state index >= 15 is 0 Å². The minimum Gasteiger partial charge on any atom is -0.430 e. The maximum Gasteiger partial charge on any atom is 0.298 e. The third-order valence-corrected chi connectivity index (χ3v) is 3.25. The van der Waals surface area contributed by atoms with Crippen LogP contribution in [-0.4, -0.2) is 9.36 Å². The first kappa shape index (κ1) is 12.4. The van der Waals surface area contributed by atoms with Gasteiger partial charge in [-0.1, -0.05) is 13.8 Å². The molecule has 90 valence electrons. The van der Waals surface area contributed by atoms with Gasteiger partial charge >= 0.3 is 0 Å². The van der Waals surface area contributed by atoms with Crippen molar-refractivity contribution in [1.82, 2.24) is 9.36 Å². The number of ether oxygens (including phenoxy) is 1. The lowest BCUT2D eigenvalue weighted by Crippen LogP contribution is -1.90. The third-order valence-electron chi connectivity index (χ3n) is 2.04. The van der Waals surface area contributed by atoms with Crippen LogP contribution < -0.4 is 4.74 Å². The molecule has 0 aliphatic heterocycles. The largest absolute Gasteiger partial charge is 0.430 e. The Labute approximate surface area is 111 Å². The summed E-state index contributed by atoms with van der Waals surface area (Å²) in [7, 11) is 0. The monoisotopic (exact) mass is 316 g/mol. The first-order valence-corrected chi connectivity index (χ1v) is 6.59. The number of halogens is 2. The highest BCUT2D eigenvalue weighted by atomic mass is 79.9. The summed E-state index contributed by atoms with van der Waals surface area (Å²) in [6, 6.07) is 4.45. The molecule has 3 nitrogen and oxygen atoms in total. The fraction of sp³-hybridized carbons (Fsp3) is 0.273. The van der Waals surface area contributed by atoms with Crippen LogP contribution in [-0.2, 0) is 0 Å². The molecule has 1 aromatic carbocycles. The van der Waals surface area contributed by atoms with E-state index < -0.39 is 0 Å². The average Bonchev–Trinajstić information content (AvgIpc) is 2.72. The van der Waals surface area contributed by atoms with Gasteiger partial charge in [0.25, 0.3) is 5.19 Å². The van der Waals surface area contributed by atoms with E-state index in [1.807, 2.05) is 13.8 Å². The second-order valence-electron chi connectivity index (χ2n) is 3.75. The van der Waals surface area contributed by atoms with Crippen LogP contribution in [0.4, 0.5) is 4.39 Å². The summed E-state index contributed by atoms with van der Waals surface area (Å²) in [6.07, 6.45) is 0. The number of rotatable bonds is 3. The predicted octanol–water partition coefficient (Wildman–Crippen LogP) is 4.36. The highest BCUT2D eigenvalue weighted by molar-refractivity contribution is 9.10. The van der Waals surface area contributed by atoms with Crippen molar-refractivity contribution in [3.05, 3.63) is 34.3 Å². The Kier molecular flexibility index (Phi) is 3.73. The van der Waals surface area contributed by atoms with E-state index in [2.05, 4.69) is 25.3 Å². The van der Waals surface area contributed by atoms with E-state index in [-0.39, 0.29) is 11.7 Å². The maximum atomic E-state index is 13.0. The average molecular weight is 317 g/mol. The van der Waals surface area contributed by atoms with E-state index in [0.29, 0.717) is 15.4 Å². The summed E-state index contributed by atoms with van der Waals surface area (Å²) in [5.41, 5.74) is 0. The van der Waals surface area contributed by atoms with E-state index in [0.717, 1.165) is 5.82 Å². The van der Waals surface area contributed by atoms with Crippen molar-refractivity contribution in [2.24, 2.45) is 0 Å². The topological polar surface area (TPSA) is 35.0 Å². The standard InChI is InChI=1S/C11H10BrFN2OS/c1-6(2)10-14-11(17-15-10)16-7-3-4-9(13)8(12)5-7/h3-6H,1-2H3. The van der Waals surface area contributed by atoms with Crippen LogP contribution in [0.3, 0.4) is 0 Å². The number of nitrogens with zero attached hydrogens (tertiary/aromatic N) is 2. The van der Waals surface area contributed by atoms with Crippen molar-refractivity contribution in [3.63, 3.8) is 0 Å². The Morgan fingerprint density at radius 2 is 2.18 bits per heavy atom. The molecule has 0 amide bonds. The minimum atomic E-state index is -0.322. The zero-order valence-electron chi connectivity index (χ0n) is 9.28. The zero-order valence-corrected chi connectivity index (χ0v) is 11.7. The van der Waals surface area contributed by atoms with Gasteiger partial charge in [0.15, 0.2) is 0 Å². The molecule has 0 unspecified atom stereocenters. The highest BCUT2D eigenvalue weighted by Gasteiger charge is 2.10. The summed E-state index contributed by atoms with van der Waals surface area (Å²) in [4.78, 5) is 4.23. The number of benzene rings is 1. The van der Waals surface area contributed by atoms with Crippen LogP contribution in [0.2, 0.25) is 0 Å². The summed E-state index contributed by atoms with van der Waals surface area (Å²) in [5.74, 6) is 1.23. The lowest BCUT2D eigenvalue weighted by molar-refractivity contribution is 0.473. The van der Waals surface area contributed by atoms with Gasteiger partial charge in [0.2, 0.25) is 0 Å². The number of hydrogen-bond acceptors (Lipinski definition) is 4. The van der Waals surface area contributed by atoms with Gasteiger partial charge in [-0.25, -0.2) is 4.39 Å². The summed E-state index contributed by atoms with van der Waals surface area (Å²) < 4.78 is 23.0. The first-order valence-electron chi connectivity index (χ1n) is 5.03. The smallest absolute Gasteiger partial charge is 0.298 e. The van der Waals surface area contributed by atoms with Crippen molar-refractivity contribution in [1.29, 1.82) is 0 Å². The van der Waals surface area contributed by atoms with Gasteiger partial charge in [0.1, 0.15) is 17.4 Å². The molecule has 17 heavy (non-hydrogen) atoms. The second-order valence-corrected chi connectivity index (χ2v) is 5.32. The number of aromatic nitrogens is 2. The Morgan fingerprint density at radius 1 is 1.41 bits per heavy atom. The van der Waals surface area contributed by atoms with Crippen LogP contribution in [0, 0.1) is 5.82 Å². The molecule has 6 heteroatoms. The predicted molar refractivity (Wildman–Crippen MR) is 68.2 cm³/mol. The van der Waals surface area contributed by atoms with E-state index in [4.69, 9.17) is 4.74 Å². The minimum absolute atomic E-state index is 0.267. The molecule has 0 aliphatic carbocycles. The SMILES string of the molecule is CC(C)c1nsc(Oc2ccc(F)c(Br)c2)n1.